The molecule has 0 radical (unpaired) electrons. The highest BCUT2D eigenvalue weighted by atomic mass is 16.5. The number of benzene rings is 1. The highest BCUT2D eigenvalue weighted by Crippen LogP contribution is 2.25. The largest absolute Gasteiger partial charge is 0.507 e. The number of aromatic hydroxyl groups is 1. The van der Waals surface area contributed by atoms with Gasteiger partial charge in [-0.2, -0.15) is 5.10 Å². The Morgan fingerprint density at radius 3 is 2.72 bits per heavy atom. The van der Waals surface area contributed by atoms with Crippen LogP contribution < -0.4 is 9.64 Å². The number of aryl methyl sites for hydroxylation is 1. The Morgan fingerprint density at radius 1 is 1.40 bits per heavy atom. The van der Waals surface area contributed by atoms with Crippen molar-refractivity contribution in [1.82, 2.24) is 9.78 Å². The van der Waals surface area contributed by atoms with E-state index in [1.54, 1.807) is 27.9 Å². The third-order valence-electron chi connectivity index (χ3n) is 3.54. The summed E-state index contributed by atoms with van der Waals surface area (Å²) in [7, 11) is 0. The molecule has 1 heterocycles. The van der Waals surface area contributed by atoms with Gasteiger partial charge in [0.15, 0.2) is 12.9 Å². The van der Waals surface area contributed by atoms with Crippen LogP contribution in [0, 0.1) is 0 Å². The lowest BCUT2D eigenvalue weighted by Gasteiger charge is -2.27. The zero-order valence-electron chi connectivity index (χ0n) is 14.0. The van der Waals surface area contributed by atoms with Gasteiger partial charge < -0.3 is 9.84 Å². The molecular formula is C18H25N3O4. The number of amides is 1. The van der Waals surface area contributed by atoms with Crippen LogP contribution in [0.1, 0.15) is 38.6 Å². The Hall–Kier alpha value is -2.83. The number of aromatic nitrogens is 2. The predicted molar refractivity (Wildman–Crippen MR) is 96.2 cm³/mol. The average Bonchev–Trinajstić information content (AvgIpc) is 3.00. The molecule has 0 aliphatic heterocycles. The molecule has 25 heavy (non-hydrogen) atoms. The number of phenols is 1. The topological polar surface area (TPSA) is 84.7 Å². The van der Waals surface area contributed by atoms with Crippen LogP contribution in [0.15, 0.2) is 30.5 Å². The Bertz CT molecular complexity index is 725. The van der Waals surface area contributed by atoms with E-state index < -0.39 is 0 Å². The SMILES string of the molecule is C.CCn1nccc1N(C(=O)COc1cccc(O)c1C=O)C(C)C. The van der Waals surface area contributed by atoms with Crippen LogP contribution in [0.2, 0.25) is 0 Å². The maximum Gasteiger partial charge on any atom is 0.266 e. The standard InChI is InChI=1S/C17H21N3O4.CH4/c1-4-19-16(8-9-18-19)20(12(2)3)17(23)11-24-15-7-5-6-14(22)13(15)10-21;/h5-10,12,22H,4,11H2,1-3H3;1H4. The number of anilines is 1. The Kier molecular flexibility index (Phi) is 7.17. The van der Waals surface area contributed by atoms with E-state index in [1.165, 1.54) is 12.1 Å². The minimum atomic E-state index is -0.264. The van der Waals surface area contributed by atoms with E-state index in [-0.39, 0.29) is 43.0 Å². The first kappa shape index (κ1) is 20.2. The Balaban J connectivity index is 0.00000312. The van der Waals surface area contributed by atoms with Crippen molar-refractivity contribution in [2.75, 3.05) is 11.5 Å². The van der Waals surface area contributed by atoms with Crippen LogP contribution >= 0.6 is 0 Å². The molecule has 1 amide bonds. The van der Waals surface area contributed by atoms with Gasteiger partial charge in [-0.3, -0.25) is 14.5 Å². The quantitative estimate of drug-likeness (QED) is 0.779. The molecule has 136 valence electrons. The van der Waals surface area contributed by atoms with Crippen molar-refractivity contribution in [2.24, 2.45) is 0 Å². The number of phenolic OH excluding ortho intramolecular Hbond substituents is 1. The lowest BCUT2D eigenvalue weighted by Crippen LogP contribution is -2.41. The van der Waals surface area contributed by atoms with Crippen molar-refractivity contribution in [3.63, 3.8) is 0 Å². The summed E-state index contributed by atoms with van der Waals surface area (Å²) in [6.45, 7) is 6.13. The number of aldehydes is 1. The monoisotopic (exact) mass is 347 g/mol. The molecule has 0 fully saturated rings. The molecule has 7 nitrogen and oxygen atoms in total. The average molecular weight is 347 g/mol. The fourth-order valence-electron chi connectivity index (χ4n) is 2.44. The fraction of sp³-hybridized carbons (Fsp3) is 0.389. The normalized spacial score (nSPS) is 10.2. The van der Waals surface area contributed by atoms with Crippen LogP contribution in [0.4, 0.5) is 5.82 Å². The molecular weight excluding hydrogens is 322 g/mol. The molecule has 2 aromatic rings. The molecule has 0 aliphatic rings. The molecule has 0 saturated heterocycles. The van der Waals surface area contributed by atoms with Crippen molar-refractivity contribution in [1.29, 1.82) is 0 Å². The van der Waals surface area contributed by atoms with E-state index in [9.17, 15) is 14.7 Å². The summed E-state index contributed by atoms with van der Waals surface area (Å²) in [4.78, 5) is 25.3. The fourth-order valence-corrected chi connectivity index (χ4v) is 2.44. The first-order chi connectivity index (χ1) is 11.5. The molecule has 0 saturated carbocycles. The van der Waals surface area contributed by atoms with Gasteiger partial charge >= 0.3 is 0 Å². The predicted octanol–water partition coefficient (Wildman–Crippen LogP) is 2.88. The smallest absolute Gasteiger partial charge is 0.266 e. The highest BCUT2D eigenvalue weighted by molar-refractivity contribution is 5.94. The van der Waals surface area contributed by atoms with Crippen LogP contribution in [-0.2, 0) is 11.3 Å². The minimum Gasteiger partial charge on any atom is -0.507 e. The molecule has 1 N–H and O–H groups in total. The summed E-state index contributed by atoms with van der Waals surface area (Å²) in [5.74, 6) is 0.416. The molecule has 0 unspecified atom stereocenters. The van der Waals surface area contributed by atoms with Crippen molar-refractivity contribution in [2.45, 2.75) is 40.8 Å². The third kappa shape index (κ3) is 4.37. The van der Waals surface area contributed by atoms with Crippen LogP contribution in [-0.4, -0.2) is 39.7 Å². The van der Waals surface area contributed by atoms with Crippen LogP contribution in [0.5, 0.6) is 11.5 Å². The lowest BCUT2D eigenvalue weighted by molar-refractivity contribution is -0.121. The summed E-state index contributed by atoms with van der Waals surface area (Å²) >= 11 is 0. The number of ether oxygens (including phenoxy) is 1. The van der Waals surface area contributed by atoms with Gasteiger partial charge in [-0.25, -0.2) is 4.68 Å². The second kappa shape index (κ2) is 8.86. The van der Waals surface area contributed by atoms with Crippen LogP contribution in [0.3, 0.4) is 0 Å². The number of carbonyl (C=O) groups excluding carboxylic acids is 2. The highest BCUT2D eigenvalue weighted by Gasteiger charge is 2.23. The van der Waals surface area contributed by atoms with Crippen LogP contribution in [0.25, 0.3) is 0 Å². The lowest BCUT2D eigenvalue weighted by atomic mass is 10.2. The molecule has 1 aromatic heterocycles. The number of hydrogen-bond donors (Lipinski definition) is 1. The van der Waals surface area contributed by atoms with E-state index in [1.807, 2.05) is 20.8 Å². The van der Waals surface area contributed by atoms with Gasteiger partial charge in [0.05, 0.1) is 11.8 Å². The molecule has 7 heteroatoms. The van der Waals surface area contributed by atoms with Gasteiger partial charge in [0.25, 0.3) is 5.91 Å². The number of carbonyl (C=O) groups is 2. The zero-order valence-corrected chi connectivity index (χ0v) is 14.0. The van der Waals surface area contributed by atoms with Gasteiger partial charge in [-0.1, -0.05) is 13.5 Å². The molecule has 0 bridgehead atoms. The van der Waals surface area contributed by atoms with Crippen molar-refractivity contribution >= 4 is 18.0 Å². The summed E-state index contributed by atoms with van der Waals surface area (Å²) in [5, 5.41) is 13.8. The first-order valence-electron chi connectivity index (χ1n) is 7.73. The van der Waals surface area contributed by atoms with E-state index in [4.69, 9.17) is 4.74 Å². The molecule has 1 aromatic carbocycles. The number of rotatable bonds is 7. The Labute approximate surface area is 147 Å². The summed E-state index contributed by atoms with van der Waals surface area (Å²) in [5.41, 5.74) is 0.0278. The minimum absolute atomic E-state index is 0. The molecule has 0 atom stereocenters. The van der Waals surface area contributed by atoms with Crippen molar-refractivity contribution < 1.29 is 19.4 Å². The third-order valence-corrected chi connectivity index (χ3v) is 3.54. The van der Waals surface area contributed by atoms with Crippen molar-refractivity contribution in [3.8, 4) is 11.5 Å². The Morgan fingerprint density at radius 2 is 2.12 bits per heavy atom. The maximum atomic E-state index is 12.6. The van der Waals surface area contributed by atoms with E-state index in [0.29, 0.717) is 18.6 Å². The van der Waals surface area contributed by atoms with Gasteiger partial charge in [0.1, 0.15) is 17.3 Å². The summed E-state index contributed by atoms with van der Waals surface area (Å²) in [6.07, 6.45) is 2.14. The maximum absolute atomic E-state index is 12.6. The van der Waals surface area contributed by atoms with Gasteiger partial charge in [-0.15, -0.1) is 0 Å². The zero-order chi connectivity index (χ0) is 17.7. The second-order valence-electron chi connectivity index (χ2n) is 5.46. The van der Waals surface area contributed by atoms with E-state index in [0.717, 1.165) is 0 Å². The summed E-state index contributed by atoms with van der Waals surface area (Å²) in [6, 6.07) is 6.16. The number of hydrogen-bond acceptors (Lipinski definition) is 5. The van der Waals surface area contributed by atoms with Gasteiger partial charge in [-0.05, 0) is 32.9 Å². The second-order valence-corrected chi connectivity index (χ2v) is 5.46. The number of nitrogens with zero attached hydrogens (tertiary/aromatic N) is 3. The summed E-state index contributed by atoms with van der Waals surface area (Å²) < 4.78 is 7.19. The first-order valence-corrected chi connectivity index (χ1v) is 7.73. The van der Waals surface area contributed by atoms with Crippen molar-refractivity contribution in [3.05, 3.63) is 36.0 Å². The molecule has 0 aliphatic carbocycles. The molecule has 2 rings (SSSR count). The van der Waals surface area contributed by atoms with Gasteiger partial charge in [0.2, 0.25) is 0 Å². The van der Waals surface area contributed by atoms with E-state index >= 15 is 0 Å². The molecule has 0 spiro atoms. The van der Waals surface area contributed by atoms with Gasteiger partial charge in [0, 0.05) is 18.7 Å². The van der Waals surface area contributed by atoms with E-state index in [2.05, 4.69) is 5.10 Å².